The summed E-state index contributed by atoms with van der Waals surface area (Å²) in [6, 6.07) is 11.2. The molecule has 0 fully saturated rings. The normalized spacial score (nSPS) is 10.5. The molecule has 0 atom stereocenters. The van der Waals surface area contributed by atoms with Crippen molar-refractivity contribution < 1.29 is 9.53 Å². The SMILES string of the molecule is COCc1cc(C)nc(N/N=C/c2ccc(NC(C)=O)cc2)c1C#N. The number of methoxy groups -OCH3 is 1. The molecule has 128 valence electrons. The molecule has 1 aromatic heterocycles. The monoisotopic (exact) mass is 337 g/mol. The van der Waals surface area contributed by atoms with E-state index in [0.717, 1.165) is 16.8 Å². The number of nitrogens with one attached hydrogen (secondary N) is 2. The molecule has 0 radical (unpaired) electrons. The summed E-state index contributed by atoms with van der Waals surface area (Å²) in [4.78, 5) is 15.3. The molecule has 0 aliphatic carbocycles. The number of aromatic nitrogens is 1. The van der Waals surface area contributed by atoms with Crippen LogP contribution in [-0.2, 0) is 16.1 Å². The van der Waals surface area contributed by atoms with E-state index >= 15 is 0 Å². The van der Waals surface area contributed by atoms with Gasteiger partial charge in [-0.05, 0) is 30.7 Å². The largest absolute Gasteiger partial charge is 0.380 e. The second-order valence-corrected chi connectivity index (χ2v) is 5.36. The van der Waals surface area contributed by atoms with E-state index < -0.39 is 0 Å². The maximum absolute atomic E-state index is 11.0. The third kappa shape index (κ3) is 5.12. The maximum atomic E-state index is 11.0. The molecule has 7 heteroatoms. The molecule has 0 aliphatic rings. The van der Waals surface area contributed by atoms with Crippen molar-refractivity contribution in [1.29, 1.82) is 5.26 Å². The predicted octanol–water partition coefficient (Wildman–Crippen LogP) is 2.81. The molecule has 0 bridgehead atoms. The number of amides is 1. The second kappa shape index (κ2) is 8.57. The van der Waals surface area contributed by atoms with Gasteiger partial charge in [0.05, 0.1) is 12.8 Å². The Morgan fingerprint density at radius 1 is 1.40 bits per heavy atom. The van der Waals surface area contributed by atoms with Crippen LogP contribution in [0.4, 0.5) is 11.5 Å². The lowest BCUT2D eigenvalue weighted by molar-refractivity contribution is -0.114. The van der Waals surface area contributed by atoms with Crippen molar-refractivity contribution in [2.75, 3.05) is 17.9 Å². The molecule has 1 heterocycles. The molecule has 2 aromatic rings. The third-order valence-electron chi connectivity index (χ3n) is 3.26. The van der Waals surface area contributed by atoms with Gasteiger partial charge in [-0.3, -0.25) is 10.2 Å². The van der Waals surface area contributed by atoms with Gasteiger partial charge in [-0.1, -0.05) is 12.1 Å². The van der Waals surface area contributed by atoms with Crippen LogP contribution in [0.5, 0.6) is 0 Å². The fourth-order valence-electron chi connectivity index (χ4n) is 2.24. The van der Waals surface area contributed by atoms with Crippen LogP contribution in [0.2, 0.25) is 0 Å². The molecule has 0 spiro atoms. The molecule has 0 unspecified atom stereocenters. The highest BCUT2D eigenvalue weighted by atomic mass is 16.5. The molecule has 1 aromatic carbocycles. The molecule has 2 N–H and O–H groups in total. The number of hydrazone groups is 1. The van der Waals surface area contributed by atoms with Crippen LogP contribution in [0.1, 0.15) is 29.3 Å². The van der Waals surface area contributed by atoms with E-state index in [1.54, 1.807) is 25.5 Å². The molecule has 0 saturated carbocycles. The van der Waals surface area contributed by atoms with E-state index in [9.17, 15) is 10.1 Å². The van der Waals surface area contributed by atoms with Gasteiger partial charge in [-0.25, -0.2) is 4.98 Å². The summed E-state index contributed by atoms with van der Waals surface area (Å²) >= 11 is 0. The number of nitrogens with zero attached hydrogens (tertiary/aromatic N) is 3. The van der Waals surface area contributed by atoms with Gasteiger partial charge in [-0.15, -0.1) is 0 Å². The van der Waals surface area contributed by atoms with Crippen molar-refractivity contribution in [3.05, 3.63) is 52.7 Å². The molecule has 0 saturated heterocycles. The molecule has 7 nitrogen and oxygen atoms in total. The van der Waals surface area contributed by atoms with Crippen LogP contribution in [0.15, 0.2) is 35.4 Å². The first-order valence-corrected chi connectivity index (χ1v) is 7.59. The van der Waals surface area contributed by atoms with Gasteiger partial charge in [0.25, 0.3) is 0 Å². The Morgan fingerprint density at radius 2 is 2.12 bits per heavy atom. The first-order valence-electron chi connectivity index (χ1n) is 7.59. The van der Waals surface area contributed by atoms with Gasteiger partial charge in [-0.2, -0.15) is 10.4 Å². The summed E-state index contributed by atoms with van der Waals surface area (Å²) in [6.45, 7) is 3.63. The number of hydrogen-bond acceptors (Lipinski definition) is 6. The van der Waals surface area contributed by atoms with Gasteiger partial charge in [0.15, 0.2) is 5.82 Å². The molecule has 25 heavy (non-hydrogen) atoms. The summed E-state index contributed by atoms with van der Waals surface area (Å²) in [7, 11) is 1.58. The Balaban J connectivity index is 2.14. The second-order valence-electron chi connectivity index (χ2n) is 5.36. The van der Waals surface area contributed by atoms with E-state index in [1.807, 2.05) is 25.1 Å². The smallest absolute Gasteiger partial charge is 0.221 e. The van der Waals surface area contributed by atoms with Crippen LogP contribution in [0.3, 0.4) is 0 Å². The van der Waals surface area contributed by atoms with Crippen molar-refractivity contribution in [3.63, 3.8) is 0 Å². The van der Waals surface area contributed by atoms with Crippen LogP contribution in [0.25, 0.3) is 0 Å². The maximum Gasteiger partial charge on any atom is 0.221 e. The Bertz CT molecular complexity index is 823. The van der Waals surface area contributed by atoms with Crippen molar-refractivity contribution in [2.24, 2.45) is 5.10 Å². The van der Waals surface area contributed by atoms with Gasteiger partial charge in [0.1, 0.15) is 11.6 Å². The lowest BCUT2D eigenvalue weighted by Crippen LogP contribution is -2.05. The van der Waals surface area contributed by atoms with Crippen LogP contribution >= 0.6 is 0 Å². The first kappa shape index (κ1) is 18.1. The Hall–Kier alpha value is -3.24. The number of hydrogen-bond donors (Lipinski definition) is 2. The van der Waals surface area contributed by atoms with E-state index in [0.29, 0.717) is 23.7 Å². The van der Waals surface area contributed by atoms with Crippen molar-refractivity contribution in [2.45, 2.75) is 20.5 Å². The Kier molecular flexibility index (Phi) is 6.20. The zero-order valence-electron chi connectivity index (χ0n) is 14.3. The number of benzene rings is 1. The fourth-order valence-corrected chi connectivity index (χ4v) is 2.24. The molecule has 1 amide bonds. The number of carbonyl (C=O) groups excluding carboxylic acids is 1. The standard InChI is InChI=1S/C18H19N5O2/c1-12-8-15(11-25-3)17(9-19)18(21-12)23-20-10-14-4-6-16(7-5-14)22-13(2)24/h4-8,10H,11H2,1-3H3,(H,21,23)(H,22,24)/b20-10+. The molecular weight excluding hydrogens is 318 g/mol. The van der Waals surface area contributed by atoms with E-state index in [1.165, 1.54) is 6.92 Å². The number of aryl methyl sites for hydroxylation is 1. The quantitative estimate of drug-likeness (QED) is 0.624. The van der Waals surface area contributed by atoms with Crippen molar-refractivity contribution >= 4 is 23.6 Å². The highest BCUT2D eigenvalue weighted by Crippen LogP contribution is 2.19. The number of nitriles is 1. The van der Waals surface area contributed by atoms with Gasteiger partial charge in [0.2, 0.25) is 5.91 Å². The predicted molar refractivity (Wildman–Crippen MR) is 96.4 cm³/mol. The first-order chi connectivity index (χ1) is 12.0. The van der Waals surface area contributed by atoms with E-state index in [-0.39, 0.29) is 5.91 Å². The minimum atomic E-state index is -0.121. The number of rotatable bonds is 6. The molecular formula is C18H19N5O2. The Morgan fingerprint density at radius 3 is 2.72 bits per heavy atom. The summed E-state index contributed by atoms with van der Waals surface area (Å²) in [5.41, 5.74) is 6.30. The van der Waals surface area contributed by atoms with Crippen molar-refractivity contribution in [3.8, 4) is 6.07 Å². The average molecular weight is 337 g/mol. The lowest BCUT2D eigenvalue weighted by atomic mass is 10.1. The number of carbonyl (C=O) groups is 1. The highest BCUT2D eigenvalue weighted by Gasteiger charge is 2.10. The molecule has 2 rings (SSSR count). The molecule has 0 aliphatic heterocycles. The zero-order chi connectivity index (χ0) is 18.2. The Labute approximate surface area is 146 Å². The zero-order valence-corrected chi connectivity index (χ0v) is 14.3. The number of ether oxygens (including phenoxy) is 1. The van der Waals surface area contributed by atoms with E-state index in [4.69, 9.17) is 4.74 Å². The van der Waals surface area contributed by atoms with Gasteiger partial charge < -0.3 is 10.1 Å². The van der Waals surface area contributed by atoms with Crippen LogP contribution in [-0.4, -0.2) is 24.2 Å². The van der Waals surface area contributed by atoms with Gasteiger partial charge >= 0.3 is 0 Å². The van der Waals surface area contributed by atoms with Crippen LogP contribution in [0, 0.1) is 18.3 Å². The summed E-state index contributed by atoms with van der Waals surface area (Å²) < 4.78 is 5.12. The third-order valence-corrected chi connectivity index (χ3v) is 3.26. The number of anilines is 2. The minimum Gasteiger partial charge on any atom is -0.380 e. The summed E-state index contributed by atoms with van der Waals surface area (Å²) in [5.74, 6) is 0.269. The minimum absolute atomic E-state index is 0.121. The van der Waals surface area contributed by atoms with Crippen LogP contribution < -0.4 is 10.7 Å². The fraction of sp³-hybridized carbons (Fsp3) is 0.222. The number of pyridine rings is 1. The van der Waals surface area contributed by atoms with Crippen molar-refractivity contribution in [1.82, 2.24) is 4.98 Å². The lowest BCUT2D eigenvalue weighted by Gasteiger charge is -2.09. The summed E-state index contributed by atoms with van der Waals surface area (Å²) in [5, 5.41) is 16.2. The topological polar surface area (TPSA) is 99.4 Å². The van der Waals surface area contributed by atoms with Gasteiger partial charge in [0, 0.05) is 31.0 Å². The highest BCUT2D eigenvalue weighted by molar-refractivity contribution is 5.89. The summed E-state index contributed by atoms with van der Waals surface area (Å²) in [6.07, 6.45) is 1.61. The van der Waals surface area contributed by atoms with E-state index in [2.05, 4.69) is 26.9 Å². The average Bonchev–Trinajstić information content (AvgIpc) is 2.56.